The quantitative estimate of drug-likeness (QED) is 0.732. The van der Waals surface area contributed by atoms with Gasteiger partial charge >= 0.3 is 0 Å². The van der Waals surface area contributed by atoms with Crippen molar-refractivity contribution >= 4 is 11.8 Å². The van der Waals surface area contributed by atoms with E-state index in [0.717, 1.165) is 43.9 Å². The fourth-order valence-corrected chi connectivity index (χ4v) is 3.24. The Morgan fingerprint density at radius 1 is 1.33 bits per heavy atom. The van der Waals surface area contributed by atoms with Gasteiger partial charge in [0.15, 0.2) is 5.79 Å². The van der Waals surface area contributed by atoms with Gasteiger partial charge in [-0.2, -0.15) is 11.8 Å². The predicted octanol–water partition coefficient (Wildman–Crippen LogP) is 1.75. The van der Waals surface area contributed by atoms with E-state index in [-0.39, 0.29) is 5.79 Å². The lowest BCUT2D eigenvalue weighted by Gasteiger charge is -2.21. The highest BCUT2D eigenvalue weighted by molar-refractivity contribution is 7.99. The van der Waals surface area contributed by atoms with Gasteiger partial charge in [0.25, 0.3) is 0 Å². The van der Waals surface area contributed by atoms with Crippen LogP contribution in [0.1, 0.15) is 32.1 Å². The summed E-state index contributed by atoms with van der Waals surface area (Å²) < 4.78 is 11.8. The zero-order chi connectivity index (χ0) is 10.6. The van der Waals surface area contributed by atoms with Crippen LogP contribution in [0.5, 0.6) is 0 Å². The van der Waals surface area contributed by atoms with Crippen molar-refractivity contribution in [3.63, 3.8) is 0 Å². The molecule has 2 fully saturated rings. The maximum absolute atomic E-state index is 6.02. The number of hydrogen-bond donors (Lipinski definition) is 1. The molecule has 1 heterocycles. The maximum Gasteiger partial charge on any atom is 0.168 e. The summed E-state index contributed by atoms with van der Waals surface area (Å²) >= 11 is 1.93. The van der Waals surface area contributed by atoms with E-state index in [2.05, 4.69) is 0 Å². The van der Waals surface area contributed by atoms with E-state index in [1.807, 2.05) is 11.8 Å². The van der Waals surface area contributed by atoms with Crippen LogP contribution < -0.4 is 5.73 Å². The normalized spacial score (nSPS) is 29.0. The molecule has 1 atom stereocenters. The molecule has 0 aromatic heterocycles. The Labute approximate surface area is 96.1 Å². The largest absolute Gasteiger partial charge is 0.347 e. The van der Waals surface area contributed by atoms with Crippen LogP contribution in [0.2, 0.25) is 0 Å². The molecule has 0 amide bonds. The average molecular weight is 231 g/mol. The Morgan fingerprint density at radius 3 is 2.87 bits per heavy atom. The van der Waals surface area contributed by atoms with Gasteiger partial charge in [-0.1, -0.05) is 0 Å². The van der Waals surface area contributed by atoms with Crippen molar-refractivity contribution in [1.82, 2.24) is 0 Å². The van der Waals surface area contributed by atoms with E-state index in [1.54, 1.807) is 0 Å². The summed E-state index contributed by atoms with van der Waals surface area (Å²) in [5.74, 6) is 2.02. The van der Waals surface area contributed by atoms with E-state index in [0.29, 0.717) is 6.10 Å². The second kappa shape index (κ2) is 5.53. The van der Waals surface area contributed by atoms with Crippen molar-refractivity contribution < 1.29 is 9.47 Å². The molecular weight excluding hydrogens is 210 g/mol. The van der Waals surface area contributed by atoms with Crippen molar-refractivity contribution in [2.45, 2.75) is 44.0 Å². The Bertz CT molecular complexity index is 195. The molecule has 1 saturated heterocycles. The van der Waals surface area contributed by atoms with Gasteiger partial charge in [0.1, 0.15) is 0 Å². The standard InChI is InChI=1S/C11H21NO2S/c12-6-3-7-15-9-10-8-13-11(14-10)4-1-2-5-11/h10H,1-9,12H2. The summed E-state index contributed by atoms with van der Waals surface area (Å²) in [7, 11) is 0. The molecule has 2 rings (SSSR count). The smallest absolute Gasteiger partial charge is 0.168 e. The molecule has 88 valence electrons. The molecule has 15 heavy (non-hydrogen) atoms. The van der Waals surface area contributed by atoms with Gasteiger partial charge in [0, 0.05) is 18.6 Å². The minimum Gasteiger partial charge on any atom is -0.347 e. The van der Waals surface area contributed by atoms with Gasteiger partial charge in [-0.3, -0.25) is 0 Å². The molecule has 1 aliphatic carbocycles. The number of hydrogen-bond acceptors (Lipinski definition) is 4. The second-order valence-corrected chi connectivity index (χ2v) is 5.54. The molecule has 1 aliphatic heterocycles. The molecule has 0 bridgehead atoms. The third-order valence-electron chi connectivity index (χ3n) is 3.08. The first-order chi connectivity index (χ1) is 7.35. The minimum atomic E-state index is -0.181. The summed E-state index contributed by atoms with van der Waals surface area (Å²) in [4.78, 5) is 0. The average Bonchev–Trinajstić information content (AvgIpc) is 2.85. The van der Waals surface area contributed by atoms with Crippen LogP contribution in [0.3, 0.4) is 0 Å². The highest BCUT2D eigenvalue weighted by Gasteiger charge is 2.43. The van der Waals surface area contributed by atoms with Gasteiger partial charge in [0.2, 0.25) is 0 Å². The summed E-state index contributed by atoms with van der Waals surface area (Å²) in [5, 5.41) is 0. The first kappa shape index (κ1) is 11.7. The lowest BCUT2D eigenvalue weighted by molar-refractivity contribution is -0.159. The van der Waals surface area contributed by atoms with Gasteiger partial charge in [-0.25, -0.2) is 0 Å². The molecule has 1 unspecified atom stereocenters. The van der Waals surface area contributed by atoms with Crippen molar-refractivity contribution in [2.24, 2.45) is 5.73 Å². The third kappa shape index (κ3) is 3.09. The van der Waals surface area contributed by atoms with Crippen LogP contribution in [-0.4, -0.2) is 36.5 Å². The number of thioether (sulfide) groups is 1. The van der Waals surface area contributed by atoms with Crippen molar-refractivity contribution in [3.8, 4) is 0 Å². The lowest BCUT2D eigenvalue weighted by atomic mass is 10.2. The second-order valence-electron chi connectivity index (χ2n) is 4.39. The third-order valence-corrected chi connectivity index (χ3v) is 4.26. The van der Waals surface area contributed by atoms with E-state index >= 15 is 0 Å². The highest BCUT2D eigenvalue weighted by atomic mass is 32.2. The van der Waals surface area contributed by atoms with Gasteiger partial charge < -0.3 is 15.2 Å². The first-order valence-electron chi connectivity index (χ1n) is 5.94. The zero-order valence-corrected chi connectivity index (χ0v) is 10.1. The summed E-state index contributed by atoms with van der Waals surface area (Å²) in [6.07, 6.45) is 6.11. The molecular formula is C11H21NO2S. The summed E-state index contributed by atoms with van der Waals surface area (Å²) in [6.45, 7) is 1.58. The zero-order valence-electron chi connectivity index (χ0n) is 9.24. The van der Waals surface area contributed by atoms with Crippen LogP contribution in [0.15, 0.2) is 0 Å². The van der Waals surface area contributed by atoms with Gasteiger partial charge in [-0.05, 0) is 31.6 Å². The van der Waals surface area contributed by atoms with Crippen molar-refractivity contribution in [1.29, 1.82) is 0 Å². The molecule has 4 heteroatoms. The van der Waals surface area contributed by atoms with E-state index < -0.39 is 0 Å². The number of nitrogens with two attached hydrogens (primary N) is 1. The van der Waals surface area contributed by atoms with Crippen molar-refractivity contribution in [2.75, 3.05) is 24.7 Å². The Kier molecular flexibility index (Phi) is 4.31. The summed E-state index contributed by atoms with van der Waals surface area (Å²) in [5.41, 5.74) is 5.45. The van der Waals surface area contributed by atoms with Crippen LogP contribution >= 0.6 is 11.8 Å². The Morgan fingerprint density at radius 2 is 2.13 bits per heavy atom. The van der Waals surface area contributed by atoms with Crippen LogP contribution in [0.25, 0.3) is 0 Å². The molecule has 1 saturated carbocycles. The Hall–Kier alpha value is 0.230. The number of ether oxygens (including phenoxy) is 2. The lowest BCUT2D eigenvalue weighted by Crippen LogP contribution is -2.27. The Balaban J connectivity index is 1.64. The fraction of sp³-hybridized carbons (Fsp3) is 1.00. The fourth-order valence-electron chi connectivity index (χ4n) is 2.27. The highest BCUT2D eigenvalue weighted by Crippen LogP contribution is 2.39. The minimum absolute atomic E-state index is 0.181. The van der Waals surface area contributed by atoms with Gasteiger partial charge in [0.05, 0.1) is 12.7 Å². The number of rotatable bonds is 5. The predicted molar refractivity (Wildman–Crippen MR) is 63.0 cm³/mol. The molecule has 1 spiro atoms. The monoisotopic (exact) mass is 231 g/mol. The topological polar surface area (TPSA) is 44.5 Å². The van der Waals surface area contributed by atoms with Crippen LogP contribution in [0, 0.1) is 0 Å². The van der Waals surface area contributed by atoms with E-state index in [4.69, 9.17) is 15.2 Å². The molecule has 0 aromatic carbocycles. The van der Waals surface area contributed by atoms with E-state index in [9.17, 15) is 0 Å². The van der Waals surface area contributed by atoms with Crippen molar-refractivity contribution in [3.05, 3.63) is 0 Å². The van der Waals surface area contributed by atoms with Gasteiger partial charge in [-0.15, -0.1) is 0 Å². The molecule has 2 aliphatic rings. The summed E-state index contributed by atoms with van der Waals surface area (Å²) in [6, 6.07) is 0. The first-order valence-corrected chi connectivity index (χ1v) is 7.10. The molecule has 0 aromatic rings. The maximum atomic E-state index is 6.02. The molecule has 3 nitrogen and oxygen atoms in total. The van der Waals surface area contributed by atoms with Crippen LogP contribution in [-0.2, 0) is 9.47 Å². The van der Waals surface area contributed by atoms with Crippen LogP contribution in [0.4, 0.5) is 0 Å². The molecule has 2 N–H and O–H groups in total. The van der Waals surface area contributed by atoms with E-state index in [1.165, 1.54) is 12.8 Å². The molecule has 0 radical (unpaired) electrons. The SMILES string of the molecule is NCCCSCC1COC2(CCCC2)O1.